The SMILES string of the molecule is CC(C)Cn1ncnc1CC(=O)C1(CN)CCCCCC1. The molecule has 1 saturated carbocycles. The number of nitrogens with zero attached hydrogens (tertiary/aromatic N) is 3. The normalized spacial score (nSPS) is 18.7. The zero-order valence-electron chi connectivity index (χ0n) is 13.3. The largest absolute Gasteiger partial charge is 0.329 e. The van der Waals surface area contributed by atoms with E-state index in [-0.39, 0.29) is 11.2 Å². The van der Waals surface area contributed by atoms with Gasteiger partial charge in [0.1, 0.15) is 17.9 Å². The van der Waals surface area contributed by atoms with Gasteiger partial charge in [-0.1, -0.05) is 39.5 Å². The van der Waals surface area contributed by atoms with Crippen molar-refractivity contribution in [3.63, 3.8) is 0 Å². The maximum atomic E-state index is 12.8. The molecule has 1 aromatic rings. The molecule has 0 saturated heterocycles. The third kappa shape index (κ3) is 3.90. The first-order valence-corrected chi connectivity index (χ1v) is 8.17. The van der Waals surface area contributed by atoms with E-state index in [4.69, 9.17) is 5.73 Å². The second kappa shape index (κ2) is 7.16. The van der Waals surface area contributed by atoms with Crippen molar-refractivity contribution in [2.24, 2.45) is 17.1 Å². The van der Waals surface area contributed by atoms with Crippen molar-refractivity contribution in [3.05, 3.63) is 12.2 Å². The van der Waals surface area contributed by atoms with Crippen LogP contribution in [-0.2, 0) is 17.8 Å². The molecule has 0 spiro atoms. The lowest BCUT2D eigenvalue weighted by atomic mass is 9.75. The molecule has 1 aromatic heterocycles. The molecule has 0 aliphatic heterocycles. The van der Waals surface area contributed by atoms with Crippen LogP contribution >= 0.6 is 0 Å². The minimum absolute atomic E-state index is 0.255. The van der Waals surface area contributed by atoms with E-state index < -0.39 is 0 Å². The average molecular weight is 292 g/mol. The Morgan fingerprint density at radius 3 is 2.57 bits per heavy atom. The molecule has 0 unspecified atom stereocenters. The Morgan fingerprint density at radius 1 is 1.33 bits per heavy atom. The zero-order valence-corrected chi connectivity index (χ0v) is 13.3. The first kappa shape index (κ1) is 16.1. The maximum absolute atomic E-state index is 12.8. The lowest BCUT2D eigenvalue weighted by molar-refractivity contribution is -0.128. The molecule has 2 rings (SSSR count). The van der Waals surface area contributed by atoms with E-state index in [9.17, 15) is 4.79 Å². The van der Waals surface area contributed by atoms with Crippen molar-refractivity contribution in [1.29, 1.82) is 0 Å². The quantitative estimate of drug-likeness (QED) is 0.817. The second-order valence-electron chi connectivity index (χ2n) is 6.75. The molecule has 0 amide bonds. The van der Waals surface area contributed by atoms with Gasteiger partial charge in [0.05, 0.1) is 6.42 Å². The Bertz CT molecular complexity index is 459. The van der Waals surface area contributed by atoms with E-state index in [1.165, 1.54) is 12.8 Å². The summed E-state index contributed by atoms with van der Waals surface area (Å²) in [4.78, 5) is 17.1. The van der Waals surface area contributed by atoms with Gasteiger partial charge >= 0.3 is 0 Å². The van der Waals surface area contributed by atoms with E-state index in [0.717, 1.165) is 38.1 Å². The molecule has 5 nitrogen and oxygen atoms in total. The van der Waals surface area contributed by atoms with Gasteiger partial charge in [0, 0.05) is 18.5 Å². The van der Waals surface area contributed by atoms with E-state index in [1.54, 1.807) is 6.33 Å². The van der Waals surface area contributed by atoms with Crippen molar-refractivity contribution in [2.45, 2.75) is 65.3 Å². The highest BCUT2D eigenvalue weighted by Gasteiger charge is 2.37. The number of aromatic nitrogens is 3. The smallest absolute Gasteiger partial charge is 0.147 e. The minimum Gasteiger partial charge on any atom is -0.329 e. The standard InChI is InChI=1S/C16H28N4O/c1-13(2)10-20-15(18-12-19-20)9-14(21)16(11-17)7-5-3-4-6-8-16/h12-13H,3-11,17H2,1-2H3. The number of Topliss-reactive ketones (excluding diaryl/α,β-unsaturated/α-hetero) is 1. The highest BCUT2D eigenvalue weighted by atomic mass is 16.1. The van der Waals surface area contributed by atoms with Crippen molar-refractivity contribution < 1.29 is 4.79 Å². The molecule has 1 fully saturated rings. The summed E-state index contributed by atoms with van der Waals surface area (Å²) in [6.07, 6.45) is 8.44. The maximum Gasteiger partial charge on any atom is 0.147 e. The summed E-state index contributed by atoms with van der Waals surface area (Å²) in [5, 5.41) is 4.24. The summed E-state index contributed by atoms with van der Waals surface area (Å²) in [5.41, 5.74) is 5.66. The number of ketones is 1. The van der Waals surface area contributed by atoms with Gasteiger partial charge in [-0.25, -0.2) is 9.67 Å². The predicted octanol–water partition coefficient (Wildman–Crippen LogP) is 2.34. The van der Waals surface area contributed by atoms with Gasteiger partial charge in [-0.05, 0) is 18.8 Å². The van der Waals surface area contributed by atoms with Crippen molar-refractivity contribution in [3.8, 4) is 0 Å². The van der Waals surface area contributed by atoms with Gasteiger partial charge in [-0.15, -0.1) is 0 Å². The molecule has 0 atom stereocenters. The molecule has 1 aliphatic rings. The van der Waals surface area contributed by atoms with Crippen LogP contribution in [-0.4, -0.2) is 27.1 Å². The van der Waals surface area contributed by atoms with Crippen molar-refractivity contribution in [1.82, 2.24) is 14.8 Å². The lowest BCUT2D eigenvalue weighted by Gasteiger charge is -2.29. The van der Waals surface area contributed by atoms with Crippen LogP contribution in [0.1, 0.15) is 58.2 Å². The molecule has 21 heavy (non-hydrogen) atoms. The number of carbonyl (C=O) groups is 1. The van der Waals surface area contributed by atoms with Gasteiger partial charge in [0.25, 0.3) is 0 Å². The van der Waals surface area contributed by atoms with Crippen LogP contribution in [0.5, 0.6) is 0 Å². The third-order valence-corrected chi connectivity index (χ3v) is 4.60. The highest BCUT2D eigenvalue weighted by molar-refractivity contribution is 5.86. The Morgan fingerprint density at radius 2 is 2.00 bits per heavy atom. The monoisotopic (exact) mass is 292 g/mol. The number of hydrogen-bond donors (Lipinski definition) is 1. The van der Waals surface area contributed by atoms with Crippen LogP contribution < -0.4 is 5.73 Å². The Labute approximate surface area is 127 Å². The molecular weight excluding hydrogens is 264 g/mol. The zero-order chi connectivity index (χ0) is 15.3. The predicted molar refractivity (Wildman–Crippen MR) is 82.8 cm³/mol. The second-order valence-corrected chi connectivity index (χ2v) is 6.75. The molecule has 118 valence electrons. The van der Waals surface area contributed by atoms with Gasteiger partial charge in [0.15, 0.2) is 0 Å². The van der Waals surface area contributed by atoms with Gasteiger partial charge in [-0.3, -0.25) is 4.79 Å². The number of hydrogen-bond acceptors (Lipinski definition) is 4. The summed E-state index contributed by atoms with van der Waals surface area (Å²) in [5.74, 6) is 1.53. The minimum atomic E-state index is -0.328. The van der Waals surface area contributed by atoms with E-state index >= 15 is 0 Å². The summed E-state index contributed by atoms with van der Waals surface area (Å²) in [6, 6.07) is 0. The van der Waals surface area contributed by atoms with E-state index in [2.05, 4.69) is 23.9 Å². The van der Waals surface area contributed by atoms with E-state index in [0.29, 0.717) is 18.9 Å². The van der Waals surface area contributed by atoms with Crippen LogP contribution in [0.2, 0.25) is 0 Å². The summed E-state index contributed by atoms with van der Waals surface area (Å²) >= 11 is 0. The molecule has 0 aromatic carbocycles. The van der Waals surface area contributed by atoms with Gasteiger partial charge in [-0.2, -0.15) is 5.10 Å². The molecule has 2 N–H and O–H groups in total. The van der Waals surface area contributed by atoms with Gasteiger partial charge in [0.2, 0.25) is 0 Å². The van der Waals surface area contributed by atoms with Crippen LogP contribution in [0.3, 0.4) is 0 Å². The van der Waals surface area contributed by atoms with Crippen molar-refractivity contribution in [2.75, 3.05) is 6.54 Å². The highest BCUT2D eigenvalue weighted by Crippen LogP contribution is 2.35. The molecule has 1 heterocycles. The third-order valence-electron chi connectivity index (χ3n) is 4.60. The van der Waals surface area contributed by atoms with Gasteiger partial charge < -0.3 is 5.73 Å². The number of rotatable bonds is 6. The van der Waals surface area contributed by atoms with Crippen LogP contribution in [0, 0.1) is 11.3 Å². The number of carbonyl (C=O) groups excluding carboxylic acids is 1. The van der Waals surface area contributed by atoms with E-state index in [1.807, 2.05) is 4.68 Å². The lowest BCUT2D eigenvalue weighted by Crippen LogP contribution is -2.39. The number of nitrogens with two attached hydrogens (primary N) is 1. The molecule has 0 radical (unpaired) electrons. The average Bonchev–Trinajstić information content (AvgIpc) is 2.74. The van der Waals surface area contributed by atoms with Crippen LogP contribution in [0.15, 0.2) is 6.33 Å². The molecule has 0 bridgehead atoms. The Kier molecular flexibility index (Phi) is 5.51. The topological polar surface area (TPSA) is 73.8 Å². The molecule has 1 aliphatic carbocycles. The summed E-state index contributed by atoms with van der Waals surface area (Å²) in [6.45, 7) is 5.54. The summed E-state index contributed by atoms with van der Waals surface area (Å²) in [7, 11) is 0. The van der Waals surface area contributed by atoms with Crippen molar-refractivity contribution >= 4 is 5.78 Å². The molecular formula is C16H28N4O. The molecule has 5 heteroatoms. The Hall–Kier alpha value is -1.23. The first-order valence-electron chi connectivity index (χ1n) is 8.17. The first-order chi connectivity index (χ1) is 10.1. The van der Waals surface area contributed by atoms with Crippen LogP contribution in [0.4, 0.5) is 0 Å². The fraction of sp³-hybridized carbons (Fsp3) is 0.812. The van der Waals surface area contributed by atoms with Crippen LogP contribution in [0.25, 0.3) is 0 Å². The summed E-state index contributed by atoms with van der Waals surface area (Å²) < 4.78 is 1.86. The fourth-order valence-electron chi connectivity index (χ4n) is 3.26. The Balaban J connectivity index is 2.10. The fourth-order valence-corrected chi connectivity index (χ4v) is 3.26.